The van der Waals surface area contributed by atoms with Crippen LogP contribution in [0, 0.1) is 6.92 Å². The first-order valence-electron chi connectivity index (χ1n) is 6.75. The van der Waals surface area contributed by atoms with Gasteiger partial charge in [0, 0.05) is 25.8 Å². The summed E-state index contributed by atoms with van der Waals surface area (Å²) in [5, 5.41) is 6.24. The van der Waals surface area contributed by atoms with Crippen LogP contribution in [-0.4, -0.2) is 10.9 Å². The first kappa shape index (κ1) is 18.4. The molecular formula is C16H19Cl2N3O. The molecule has 0 radical (unpaired) electrons. The number of hydrogen-bond donors (Lipinski definition) is 2. The Labute approximate surface area is 142 Å². The van der Waals surface area contributed by atoms with Crippen LogP contribution in [0.4, 0.5) is 0 Å². The number of amides is 1. The third kappa shape index (κ3) is 3.97. The Kier molecular flexibility index (Phi) is 6.81. The van der Waals surface area contributed by atoms with Crippen LogP contribution in [0.3, 0.4) is 0 Å². The predicted molar refractivity (Wildman–Crippen MR) is 91.6 cm³/mol. The van der Waals surface area contributed by atoms with E-state index in [4.69, 9.17) is 0 Å². The lowest BCUT2D eigenvalue weighted by atomic mass is 10.1. The van der Waals surface area contributed by atoms with Gasteiger partial charge in [-0.15, -0.1) is 24.8 Å². The second-order valence-corrected chi connectivity index (χ2v) is 5.06. The molecule has 22 heavy (non-hydrogen) atoms. The van der Waals surface area contributed by atoms with Crippen molar-refractivity contribution in [2.45, 2.75) is 26.6 Å². The summed E-state index contributed by atoms with van der Waals surface area (Å²) in [7, 11) is 0. The molecule has 1 amide bonds. The molecule has 0 fully saturated rings. The molecule has 0 spiro atoms. The molecule has 4 nitrogen and oxygen atoms in total. The topological polar surface area (TPSA) is 54.0 Å². The van der Waals surface area contributed by atoms with Gasteiger partial charge in [-0.05, 0) is 35.2 Å². The minimum atomic E-state index is -0.123. The number of hydrogen-bond acceptors (Lipinski definition) is 3. The summed E-state index contributed by atoms with van der Waals surface area (Å²) in [6.07, 6.45) is 1.64. The molecule has 0 saturated carbocycles. The molecular weight excluding hydrogens is 321 g/mol. The third-order valence-electron chi connectivity index (χ3n) is 3.58. The minimum Gasteiger partial charge on any atom is -0.347 e. The molecule has 2 N–H and O–H groups in total. The van der Waals surface area contributed by atoms with Crippen molar-refractivity contribution in [3.05, 3.63) is 64.5 Å². The van der Waals surface area contributed by atoms with Crippen molar-refractivity contribution in [3.63, 3.8) is 0 Å². The number of carbonyl (C=O) groups excluding carboxylic acids is 1. The number of rotatable bonds is 3. The van der Waals surface area contributed by atoms with E-state index in [0.29, 0.717) is 12.2 Å². The van der Waals surface area contributed by atoms with Crippen LogP contribution in [0.15, 0.2) is 36.5 Å². The first-order valence-corrected chi connectivity index (χ1v) is 6.75. The molecule has 0 bridgehead atoms. The summed E-state index contributed by atoms with van der Waals surface area (Å²) < 4.78 is 0. The highest BCUT2D eigenvalue weighted by Crippen LogP contribution is 2.17. The van der Waals surface area contributed by atoms with Crippen molar-refractivity contribution in [2.24, 2.45) is 0 Å². The highest BCUT2D eigenvalue weighted by atomic mass is 35.5. The number of aryl methyl sites for hydroxylation is 1. The van der Waals surface area contributed by atoms with Gasteiger partial charge in [0.2, 0.25) is 0 Å². The maximum Gasteiger partial charge on any atom is 0.270 e. The molecule has 1 aliphatic heterocycles. The third-order valence-corrected chi connectivity index (χ3v) is 3.58. The second-order valence-electron chi connectivity index (χ2n) is 5.06. The summed E-state index contributed by atoms with van der Waals surface area (Å²) in [6, 6.07) is 10.1. The molecule has 2 aromatic rings. The number of pyridine rings is 1. The Hall–Kier alpha value is -1.62. The van der Waals surface area contributed by atoms with Crippen LogP contribution in [0.1, 0.15) is 32.7 Å². The normalized spacial score (nSPS) is 11.9. The van der Waals surface area contributed by atoms with E-state index in [0.717, 1.165) is 24.2 Å². The van der Waals surface area contributed by atoms with Gasteiger partial charge in [0.15, 0.2) is 0 Å². The van der Waals surface area contributed by atoms with Gasteiger partial charge < -0.3 is 10.6 Å². The summed E-state index contributed by atoms with van der Waals surface area (Å²) in [5.74, 6) is -0.123. The molecule has 1 aromatic heterocycles. The fourth-order valence-corrected chi connectivity index (χ4v) is 2.45. The molecule has 0 aliphatic carbocycles. The Morgan fingerprint density at radius 3 is 2.77 bits per heavy atom. The van der Waals surface area contributed by atoms with Crippen LogP contribution in [0.5, 0.6) is 0 Å². The number of benzene rings is 1. The lowest BCUT2D eigenvalue weighted by Crippen LogP contribution is -2.24. The SMILES string of the molecule is Cc1cccnc1C(=O)NCc1ccc2c(c1)CNC2.Cl.Cl. The largest absolute Gasteiger partial charge is 0.347 e. The van der Waals surface area contributed by atoms with Gasteiger partial charge in [-0.2, -0.15) is 0 Å². The van der Waals surface area contributed by atoms with Crippen LogP contribution < -0.4 is 10.6 Å². The molecule has 1 aliphatic rings. The maximum atomic E-state index is 12.1. The molecule has 0 saturated heterocycles. The van der Waals surface area contributed by atoms with Gasteiger partial charge in [0.05, 0.1) is 0 Å². The zero-order chi connectivity index (χ0) is 13.9. The molecule has 118 valence electrons. The van der Waals surface area contributed by atoms with Crippen LogP contribution in [-0.2, 0) is 19.6 Å². The van der Waals surface area contributed by atoms with Gasteiger partial charge >= 0.3 is 0 Å². The van der Waals surface area contributed by atoms with Crippen molar-refractivity contribution in [1.82, 2.24) is 15.6 Å². The highest BCUT2D eigenvalue weighted by Gasteiger charge is 2.12. The lowest BCUT2D eigenvalue weighted by molar-refractivity contribution is 0.0945. The Morgan fingerprint density at radius 2 is 2.00 bits per heavy atom. The van der Waals surface area contributed by atoms with Crippen LogP contribution in [0.25, 0.3) is 0 Å². The van der Waals surface area contributed by atoms with E-state index in [-0.39, 0.29) is 30.7 Å². The van der Waals surface area contributed by atoms with Crippen molar-refractivity contribution in [3.8, 4) is 0 Å². The van der Waals surface area contributed by atoms with Crippen LogP contribution >= 0.6 is 24.8 Å². The van der Waals surface area contributed by atoms with E-state index >= 15 is 0 Å². The Morgan fingerprint density at radius 1 is 1.23 bits per heavy atom. The fourth-order valence-electron chi connectivity index (χ4n) is 2.45. The number of nitrogens with one attached hydrogen (secondary N) is 2. The van der Waals surface area contributed by atoms with Gasteiger partial charge in [-0.3, -0.25) is 9.78 Å². The van der Waals surface area contributed by atoms with Crippen molar-refractivity contribution in [1.29, 1.82) is 0 Å². The number of fused-ring (bicyclic) bond motifs is 1. The lowest BCUT2D eigenvalue weighted by Gasteiger charge is -2.08. The molecule has 1 aromatic carbocycles. The van der Waals surface area contributed by atoms with Gasteiger partial charge in [0.25, 0.3) is 5.91 Å². The maximum absolute atomic E-state index is 12.1. The molecule has 2 heterocycles. The van der Waals surface area contributed by atoms with Crippen molar-refractivity contribution in [2.75, 3.05) is 0 Å². The molecule has 3 rings (SSSR count). The van der Waals surface area contributed by atoms with E-state index in [2.05, 4.69) is 33.8 Å². The highest BCUT2D eigenvalue weighted by molar-refractivity contribution is 5.93. The van der Waals surface area contributed by atoms with E-state index in [1.807, 2.05) is 19.1 Å². The van der Waals surface area contributed by atoms with E-state index in [9.17, 15) is 4.79 Å². The molecule has 0 unspecified atom stereocenters. The predicted octanol–water partition coefficient (Wildman–Crippen LogP) is 2.77. The zero-order valence-electron chi connectivity index (χ0n) is 12.3. The number of aromatic nitrogens is 1. The van der Waals surface area contributed by atoms with E-state index in [1.165, 1.54) is 11.1 Å². The van der Waals surface area contributed by atoms with Gasteiger partial charge in [-0.25, -0.2) is 0 Å². The Bertz CT molecular complexity index is 662. The van der Waals surface area contributed by atoms with Crippen LogP contribution in [0.2, 0.25) is 0 Å². The summed E-state index contributed by atoms with van der Waals surface area (Å²) in [6.45, 7) is 4.27. The second kappa shape index (κ2) is 8.13. The summed E-state index contributed by atoms with van der Waals surface area (Å²) >= 11 is 0. The molecule has 6 heteroatoms. The average Bonchev–Trinajstić information content (AvgIpc) is 2.92. The minimum absolute atomic E-state index is 0. The summed E-state index contributed by atoms with van der Waals surface area (Å²) in [5.41, 5.74) is 5.18. The Balaban J connectivity index is 0.00000121. The zero-order valence-corrected chi connectivity index (χ0v) is 13.9. The number of nitrogens with zero attached hydrogens (tertiary/aromatic N) is 1. The van der Waals surface area contributed by atoms with Crippen molar-refractivity contribution >= 4 is 30.7 Å². The summed E-state index contributed by atoms with van der Waals surface area (Å²) in [4.78, 5) is 16.2. The van der Waals surface area contributed by atoms with Gasteiger partial charge in [0.1, 0.15) is 5.69 Å². The smallest absolute Gasteiger partial charge is 0.270 e. The molecule has 0 atom stereocenters. The number of halogens is 2. The van der Waals surface area contributed by atoms with E-state index in [1.54, 1.807) is 6.20 Å². The van der Waals surface area contributed by atoms with Crippen molar-refractivity contribution < 1.29 is 4.79 Å². The first-order chi connectivity index (χ1) is 9.74. The average molecular weight is 340 g/mol. The number of carbonyl (C=O) groups is 1. The fraction of sp³-hybridized carbons (Fsp3) is 0.250. The van der Waals surface area contributed by atoms with Gasteiger partial charge in [-0.1, -0.05) is 24.3 Å². The van der Waals surface area contributed by atoms with E-state index < -0.39 is 0 Å². The quantitative estimate of drug-likeness (QED) is 0.903. The monoisotopic (exact) mass is 339 g/mol. The standard InChI is InChI=1S/C16H17N3O.2ClH/c1-11-3-2-6-18-15(11)16(20)19-8-12-4-5-13-9-17-10-14(13)7-12;;/h2-7,17H,8-10H2,1H3,(H,19,20);2*1H.